The minimum Gasteiger partial charge on any atom is -0.495 e. The van der Waals surface area contributed by atoms with E-state index in [0.717, 1.165) is 22.7 Å². The average molecular weight is 415 g/mol. The number of aryl methyl sites for hydroxylation is 2. The van der Waals surface area contributed by atoms with Crippen molar-refractivity contribution >= 4 is 12.2 Å². The number of methoxy groups -OCH3 is 1. The van der Waals surface area contributed by atoms with Gasteiger partial charge < -0.3 is 9.30 Å². The van der Waals surface area contributed by atoms with Crippen molar-refractivity contribution in [1.82, 2.24) is 24.3 Å². The number of aromatic nitrogens is 5. The first-order valence-corrected chi connectivity index (χ1v) is 10.1. The van der Waals surface area contributed by atoms with Gasteiger partial charge in [-0.15, -0.1) is 0 Å². The monoisotopic (exact) mass is 415 g/mol. The fourth-order valence-corrected chi connectivity index (χ4v) is 3.96. The van der Waals surface area contributed by atoms with E-state index in [1.165, 1.54) is 0 Å². The molecule has 0 saturated carbocycles. The molecule has 3 heterocycles. The number of imidazole rings is 1. The highest BCUT2D eigenvalue weighted by atomic mass is 19.1. The van der Waals surface area contributed by atoms with Crippen molar-refractivity contribution in [3.63, 3.8) is 0 Å². The minimum absolute atomic E-state index is 0.350. The highest BCUT2D eigenvalue weighted by Gasteiger charge is 2.44. The van der Waals surface area contributed by atoms with Crippen molar-refractivity contribution in [3.05, 3.63) is 89.5 Å². The lowest BCUT2D eigenvalue weighted by atomic mass is 9.94. The first-order chi connectivity index (χ1) is 15.1. The lowest BCUT2D eigenvalue weighted by Crippen LogP contribution is -2.19. The van der Waals surface area contributed by atoms with Crippen LogP contribution in [0.25, 0.3) is 17.8 Å². The first-order valence-electron chi connectivity index (χ1n) is 10.1. The van der Waals surface area contributed by atoms with Gasteiger partial charge in [-0.25, -0.2) is 19.0 Å². The maximum absolute atomic E-state index is 15.7. The van der Waals surface area contributed by atoms with Crippen LogP contribution in [-0.4, -0.2) is 31.4 Å². The molecular weight excluding hydrogens is 393 g/mol. The van der Waals surface area contributed by atoms with Crippen LogP contribution in [0.4, 0.5) is 4.39 Å². The lowest BCUT2D eigenvalue weighted by Gasteiger charge is -2.17. The molecule has 6 nitrogen and oxygen atoms in total. The zero-order valence-electron chi connectivity index (χ0n) is 17.4. The number of hydrogen-bond acceptors (Lipinski definition) is 4. The Bertz CT molecular complexity index is 1260. The van der Waals surface area contributed by atoms with E-state index in [1.54, 1.807) is 36.3 Å². The molecule has 156 valence electrons. The number of hydrogen-bond donors (Lipinski definition) is 0. The Morgan fingerprint density at radius 2 is 1.97 bits per heavy atom. The van der Waals surface area contributed by atoms with Crippen molar-refractivity contribution < 1.29 is 9.13 Å². The summed E-state index contributed by atoms with van der Waals surface area (Å²) < 4.78 is 24.9. The van der Waals surface area contributed by atoms with E-state index in [0.29, 0.717) is 30.2 Å². The van der Waals surface area contributed by atoms with Gasteiger partial charge in [0.25, 0.3) is 0 Å². The predicted molar refractivity (Wildman–Crippen MR) is 117 cm³/mol. The van der Waals surface area contributed by atoms with Crippen LogP contribution in [0.1, 0.15) is 34.9 Å². The third-order valence-corrected chi connectivity index (χ3v) is 5.56. The molecule has 7 heteroatoms. The van der Waals surface area contributed by atoms with Gasteiger partial charge in [0.2, 0.25) is 0 Å². The molecule has 4 aromatic rings. The Labute approximate surface area is 179 Å². The Morgan fingerprint density at radius 3 is 2.71 bits per heavy atom. The quantitative estimate of drug-likeness (QED) is 0.479. The summed E-state index contributed by atoms with van der Waals surface area (Å²) in [5.41, 5.74) is 1.79. The first kappa shape index (κ1) is 19.2. The molecule has 0 N–H and O–H groups in total. The largest absolute Gasteiger partial charge is 0.495 e. The summed E-state index contributed by atoms with van der Waals surface area (Å²) in [6, 6.07) is 15.1. The molecule has 0 unspecified atom stereocenters. The molecule has 31 heavy (non-hydrogen) atoms. The van der Waals surface area contributed by atoms with Gasteiger partial charge in [-0.1, -0.05) is 42.5 Å². The Kier molecular flexibility index (Phi) is 4.66. The van der Waals surface area contributed by atoms with E-state index in [9.17, 15) is 0 Å². The number of ether oxygens (including phenoxy) is 1. The summed E-state index contributed by atoms with van der Waals surface area (Å²) in [6.07, 6.45) is 7.75. The molecule has 0 spiro atoms. The molecular formula is C24H22FN5O. The van der Waals surface area contributed by atoms with Crippen molar-refractivity contribution in [2.24, 2.45) is 0 Å². The second-order valence-electron chi connectivity index (χ2n) is 7.62. The molecule has 0 radical (unpaired) electrons. The number of benzene rings is 2. The van der Waals surface area contributed by atoms with Gasteiger partial charge in [-0.2, -0.15) is 5.10 Å². The molecule has 0 saturated heterocycles. The number of halogens is 1. The maximum atomic E-state index is 15.7. The van der Waals surface area contributed by atoms with E-state index in [2.05, 4.69) is 15.1 Å². The highest BCUT2D eigenvalue weighted by molar-refractivity contribution is 5.69. The molecule has 1 aliphatic rings. The number of rotatable bonds is 5. The van der Waals surface area contributed by atoms with E-state index < -0.39 is 5.67 Å². The molecule has 0 aliphatic carbocycles. The van der Waals surface area contributed by atoms with Gasteiger partial charge in [-0.3, -0.25) is 0 Å². The van der Waals surface area contributed by atoms with Crippen molar-refractivity contribution in [1.29, 1.82) is 0 Å². The van der Waals surface area contributed by atoms with Crippen LogP contribution in [0.2, 0.25) is 0 Å². The summed E-state index contributed by atoms with van der Waals surface area (Å²) in [5, 5.41) is 4.47. The SMILES string of the molecule is COc1cc(/C=C/c2nc3n(n2)CC[C@@]3(F)c2ccccc2)ccc1-n1cnc(C)c1. The minimum atomic E-state index is -1.60. The van der Waals surface area contributed by atoms with Crippen molar-refractivity contribution in [3.8, 4) is 11.4 Å². The van der Waals surface area contributed by atoms with Crippen LogP contribution in [0, 0.1) is 6.92 Å². The van der Waals surface area contributed by atoms with Crippen molar-refractivity contribution in [2.45, 2.75) is 25.6 Å². The molecule has 0 fully saturated rings. The predicted octanol–water partition coefficient (Wildman–Crippen LogP) is 4.57. The summed E-state index contributed by atoms with van der Waals surface area (Å²) in [4.78, 5) is 8.76. The summed E-state index contributed by atoms with van der Waals surface area (Å²) in [7, 11) is 1.64. The summed E-state index contributed by atoms with van der Waals surface area (Å²) >= 11 is 0. The van der Waals surface area contributed by atoms with E-state index >= 15 is 4.39 Å². The van der Waals surface area contributed by atoms with Gasteiger partial charge in [-0.05, 0) is 36.3 Å². The Balaban J connectivity index is 1.42. The normalized spacial score (nSPS) is 17.9. The number of alkyl halides is 1. The van der Waals surface area contributed by atoms with E-state index in [1.807, 2.05) is 60.2 Å². The van der Waals surface area contributed by atoms with Crippen LogP contribution in [0.15, 0.2) is 61.1 Å². The smallest absolute Gasteiger partial charge is 0.196 e. The second-order valence-corrected chi connectivity index (χ2v) is 7.62. The molecule has 0 bridgehead atoms. The van der Waals surface area contributed by atoms with Gasteiger partial charge in [0, 0.05) is 19.2 Å². The number of fused-ring (bicyclic) bond motifs is 1. The maximum Gasteiger partial charge on any atom is 0.196 e. The summed E-state index contributed by atoms with van der Waals surface area (Å²) in [5.74, 6) is 1.58. The molecule has 5 rings (SSSR count). The van der Waals surface area contributed by atoms with E-state index in [4.69, 9.17) is 4.74 Å². The van der Waals surface area contributed by atoms with Crippen LogP contribution < -0.4 is 4.74 Å². The molecule has 0 amide bonds. The standard InChI is InChI=1S/C24H22FN5O/c1-17-15-29(16-26-17)20-10-8-18(14-21(20)31-2)9-11-22-27-23-24(25,12-13-30(23)28-22)19-6-4-3-5-7-19/h3-11,14-16H,12-13H2,1-2H3/b11-9+/t24-/m1/s1. The molecule has 1 atom stereocenters. The van der Waals surface area contributed by atoms with Crippen molar-refractivity contribution in [2.75, 3.05) is 7.11 Å². The Morgan fingerprint density at radius 1 is 1.13 bits per heavy atom. The summed E-state index contributed by atoms with van der Waals surface area (Å²) in [6.45, 7) is 2.45. The van der Waals surface area contributed by atoms with Crippen LogP contribution in [0.5, 0.6) is 5.75 Å². The lowest BCUT2D eigenvalue weighted by molar-refractivity contribution is 0.217. The van der Waals surface area contributed by atoms with Crippen LogP contribution in [-0.2, 0) is 12.2 Å². The Hall–Kier alpha value is -3.74. The second kappa shape index (κ2) is 7.50. The third-order valence-electron chi connectivity index (χ3n) is 5.56. The topological polar surface area (TPSA) is 57.8 Å². The van der Waals surface area contributed by atoms with Gasteiger partial charge >= 0.3 is 0 Å². The molecule has 2 aromatic carbocycles. The zero-order chi connectivity index (χ0) is 21.4. The fourth-order valence-electron chi connectivity index (χ4n) is 3.96. The number of nitrogens with zero attached hydrogens (tertiary/aromatic N) is 5. The highest BCUT2D eigenvalue weighted by Crippen LogP contribution is 2.41. The van der Waals surface area contributed by atoms with Crippen LogP contribution in [0.3, 0.4) is 0 Å². The fraction of sp³-hybridized carbons (Fsp3) is 0.208. The molecule has 1 aliphatic heterocycles. The zero-order valence-corrected chi connectivity index (χ0v) is 17.4. The molecule has 2 aromatic heterocycles. The third kappa shape index (κ3) is 3.42. The van der Waals surface area contributed by atoms with Gasteiger partial charge in [0.1, 0.15) is 5.75 Å². The van der Waals surface area contributed by atoms with Crippen LogP contribution >= 0.6 is 0 Å². The van der Waals surface area contributed by atoms with E-state index in [-0.39, 0.29) is 0 Å². The van der Waals surface area contributed by atoms with Gasteiger partial charge in [0.15, 0.2) is 17.3 Å². The van der Waals surface area contributed by atoms with Gasteiger partial charge in [0.05, 0.1) is 24.8 Å². The average Bonchev–Trinajstić information content (AvgIpc) is 3.50.